The van der Waals surface area contributed by atoms with Gasteiger partial charge in [0.05, 0.1) is 5.56 Å². The van der Waals surface area contributed by atoms with E-state index in [1.54, 1.807) is 11.3 Å². The van der Waals surface area contributed by atoms with Crippen LogP contribution in [0.5, 0.6) is 0 Å². The molecule has 0 aliphatic heterocycles. The van der Waals surface area contributed by atoms with Crippen LogP contribution in [0, 0.1) is 0 Å². The number of carbonyl (C=O) groups is 1. The van der Waals surface area contributed by atoms with E-state index in [-0.39, 0.29) is 5.91 Å². The molecule has 0 saturated carbocycles. The predicted molar refractivity (Wildman–Crippen MR) is 77.3 cm³/mol. The average Bonchev–Trinajstić information content (AvgIpc) is 2.82. The van der Waals surface area contributed by atoms with E-state index >= 15 is 0 Å². The van der Waals surface area contributed by atoms with Crippen molar-refractivity contribution in [2.45, 2.75) is 13.3 Å². The van der Waals surface area contributed by atoms with Crippen LogP contribution in [-0.2, 0) is 0 Å². The molecule has 1 amide bonds. The van der Waals surface area contributed by atoms with Gasteiger partial charge in [0.2, 0.25) is 0 Å². The number of rotatable bonds is 6. The molecule has 0 aliphatic carbocycles. The third kappa shape index (κ3) is 3.09. The minimum absolute atomic E-state index is 0.0192. The van der Waals surface area contributed by atoms with E-state index in [1.807, 2.05) is 29.6 Å². The molecule has 2 aromatic rings. The van der Waals surface area contributed by atoms with E-state index in [1.165, 1.54) is 0 Å². The molecular weight excluding hydrogens is 244 g/mol. The highest BCUT2D eigenvalue weighted by Crippen LogP contribution is 2.25. The van der Waals surface area contributed by atoms with Gasteiger partial charge in [0.1, 0.15) is 0 Å². The Kier molecular flexibility index (Phi) is 4.73. The van der Waals surface area contributed by atoms with Crippen LogP contribution in [0.2, 0.25) is 0 Å². The second-order valence-electron chi connectivity index (χ2n) is 4.15. The molecular formula is C14H18N2OS. The van der Waals surface area contributed by atoms with Gasteiger partial charge in [-0.25, -0.2) is 0 Å². The Labute approximate surface area is 111 Å². The standard InChI is InChI=1S/C14H18N2OS/c1-2-7-15-8-9-16-14(17)12-10-18-13-6-4-3-5-11(12)13/h3-6,10,15H,2,7-9H2,1H3,(H,16,17). The number of amides is 1. The van der Waals surface area contributed by atoms with Gasteiger partial charge in [0, 0.05) is 28.6 Å². The van der Waals surface area contributed by atoms with E-state index in [2.05, 4.69) is 17.6 Å². The summed E-state index contributed by atoms with van der Waals surface area (Å²) >= 11 is 1.61. The van der Waals surface area contributed by atoms with Crippen LogP contribution in [-0.4, -0.2) is 25.5 Å². The number of carbonyl (C=O) groups excluding carboxylic acids is 1. The summed E-state index contributed by atoms with van der Waals surface area (Å²) in [7, 11) is 0. The molecule has 18 heavy (non-hydrogen) atoms. The van der Waals surface area contributed by atoms with Crippen molar-refractivity contribution in [1.29, 1.82) is 0 Å². The fourth-order valence-electron chi connectivity index (χ4n) is 1.82. The largest absolute Gasteiger partial charge is 0.351 e. The first-order valence-electron chi connectivity index (χ1n) is 6.28. The van der Waals surface area contributed by atoms with Crippen LogP contribution in [0.1, 0.15) is 23.7 Å². The second-order valence-corrected chi connectivity index (χ2v) is 5.06. The van der Waals surface area contributed by atoms with Gasteiger partial charge >= 0.3 is 0 Å². The highest BCUT2D eigenvalue weighted by atomic mass is 32.1. The lowest BCUT2D eigenvalue weighted by molar-refractivity contribution is 0.0956. The Morgan fingerprint density at radius 3 is 2.89 bits per heavy atom. The summed E-state index contributed by atoms with van der Waals surface area (Å²) in [6, 6.07) is 8.00. The highest BCUT2D eigenvalue weighted by molar-refractivity contribution is 7.17. The fourth-order valence-corrected chi connectivity index (χ4v) is 2.76. The monoisotopic (exact) mass is 262 g/mol. The summed E-state index contributed by atoms with van der Waals surface area (Å²) < 4.78 is 1.16. The molecule has 0 fully saturated rings. The van der Waals surface area contributed by atoms with Crippen molar-refractivity contribution in [2.24, 2.45) is 0 Å². The van der Waals surface area contributed by atoms with Crippen molar-refractivity contribution < 1.29 is 4.79 Å². The third-order valence-electron chi connectivity index (χ3n) is 2.74. The van der Waals surface area contributed by atoms with E-state index in [9.17, 15) is 4.79 Å². The van der Waals surface area contributed by atoms with Crippen LogP contribution in [0.4, 0.5) is 0 Å². The summed E-state index contributed by atoms with van der Waals surface area (Å²) in [5.74, 6) is 0.0192. The van der Waals surface area contributed by atoms with E-state index in [0.717, 1.165) is 35.2 Å². The van der Waals surface area contributed by atoms with Gasteiger partial charge in [-0.15, -0.1) is 11.3 Å². The zero-order valence-electron chi connectivity index (χ0n) is 10.5. The van der Waals surface area contributed by atoms with E-state index in [0.29, 0.717) is 6.54 Å². The molecule has 0 spiro atoms. The van der Waals surface area contributed by atoms with Crippen molar-refractivity contribution in [3.63, 3.8) is 0 Å². The van der Waals surface area contributed by atoms with E-state index < -0.39 is 0 Å². The van der Waals surface area contributed by atoms with Gasteiger partial charge < -0.3 is 10.6 Å². The molecule has 96 valence electrons. The maximum atomic E-state index is 12.0. The molecule has 0 unspecified atom stereocenters. The van der Waals surface area contributed by atoms with Gasteiger partial charge in [-0.3, -0.25) is 4.79 Å². The number of benzene rings is 1. The van der Waals surface area contributed by atoms with Crippen molar-refractivity contribution in [3.05, 3.63) is 35.2 Å². The van der Waals surface area contributed by atoms with Crippen LogP contribution >= 0.6 is 11.3 Å². The SMILES string of the molecule is CCCNCCNC(=O)c1csc2ccccc12. The highest BCUT2D eigenvalue weighted by Gasteiger charge is 2.10. The predicted octanol–water partition coefficient (Wildman–Crippen LogP) is 2.63. The number of fused-ring (bicyclic) bond motifs is 1. The number of hydrogen-bond donors (Lipinski definition) is 2. The minimum Gasteiger partial charge on any atom is -0.351 e. The minimum atomic E-state index is 0.0192. The average molecular weight is 262 g/mol. The van der Waals surface area contributed by atoms with Crippen LogP contribution in [0.15, 0.2) is 29.6 Å². The first kappa shape index (κ1) is 13.1. The summed E-state index contributed by atoms with van der Waals surface area (Å²) in [6.45, 7) is 4.62. The van der Waals surface area contributed by atoms with Crippen molar-refractivity contribution in [3.8, 4) is 0 Å². The van der Waals surface area contributed by atoms with Crippen molar-refractivity contribution in [2.75, 3.05) is 19.6 Å². The Balaban J connectivity index is 1.93. The van der Waals surface area contributed by atoms with Gasteiger partial charge in [0.15, 0.2) is 0 Å². The van der Waals surface area contributed by atoms with Crippen molar-refractivity contribution >= 4 is 27.3 Å². The van der Waals surface area contributed by atoms with Crippen molar-refractivity contribution in [1.82, 2.24) is 10.6 Å². The summed E-state index contributed by atoms with van der Waals surface area (Å²) in [6.07, 6.45) is 1.11. The Hall–Kier alpha value is -1.39. The third-order valence-corrected chi connectivity index (χ3v) is 3.70. The molecule has 1 aromatic heterocycles. The molecule has 3 nitrogen and oxygen atoms in total. The van der Waals surface area contributed by atoms with Crippen LogP contribution in [0.3, 0.4) is 0 Å². The topological polar surface area (TPSA) is 41.1 Å². The van der Waals surface area contributed by atoms with Gasteiger partial charge in [-0.1, -0.05) is 25.1 Å². The first-order chi connectivity index (χ1) is 8.83. The van der Waals surface area contributed by atoms with Gasteiger partial charge in [-0.05, 0) is 19.0 Å². The number of nitrogens with one attached hydrogen (secondary N) is 2. The number of hydrogen-bond acceptors (Lipinski definition) is 3. The maximum Gasteiger partial charge on any atom is 0.252 e. The molecule has 1 heterocycles. The zero-order chi connectivity index (χ0) is 12.8. The molecule has 4 heteroatoms. The maximum absolute atomic E-state index is 12.0. The Morgan fingerprint density at radius 2 is 2.06 bits per heavy atom. The number of thiophene rings is 1. The molecule has 0 atom stereocenters. The molecule has 2 rings (SSSR count). The lowest BCUT2D eigenvalue weighted by Gasteiger charge is -2.05. The second kappa shape index (κ2) is 6.52. The quantitative estimate of drug-likeness (QED) is 0.786. The lowest BCUT2D eigenvalue weighted by atomic mass is 10.1. The molecule has 0 saturated heterocycles. The molecule has 2 N–H and O–H groups in total. The van der Waals surface area contributed by atoms with Gasteiger partial charge in [-0.2, -0.15) is 0 Å². The first-order valence-corrected chi connectivity index (χ1v) is 7.16. The zero-order valence-corrected chi connectivity index (χ0v) is 11.3. The normalized spacial score (nSPS) is 10.7. The molecule has 0 radical (unpaired) electrons. The summed E-state index contributed by atoms with van der Waals surface area (Å²) in [5.41, 5.74) is 0.783. The fraction of sp³-hybridized carbons (Fsp3) is 0.357. The molecule has 0 bridgehead atoms. The Morgan fingerprint density at radius 1 is 1.22 bits per heavy atom. The lowest BCUT2D eigenvalue weighted by Crippen LogP contribution is -2.31. The molecule has 1 aromatic carbocycles. The molecule has 0 aliphatic rings. The van der Waals surface area contributed by atoms with Crippen LogP contribution in [0.25, 0.3) is 10.1 Å². The summed E-state index contributed by atoms with van der Waals surface area (Å²) in [4.78, 5) is 12.0. The van der Waals surface area contributed by atoms with E-state index in [4.69, 9.17) is 0 Å². The van der Waals surface area contributed by atoms with Crippen LogP contribution < -0.4 is 10.6 Å². The smallest absolute Gasteiger partial charge is 0.252 e. The van der Waals surface area contributed by atoms with Gasteiger partial charge in [0.25, 0.3) is 5.91 Å². The Bertz CT molecular complexity index is 521. The summed E-state index contributed by atoms with van der Waals surface area (Å²) in [5, 5.41) is 9.18.